The van der Waals surface area contributed by atoms with E-state index in [1.54, 1.807) is 24.4 Å². The van der Waals surface area contributed by atoms with Crippen LogP contribution in [0.15, 0.2) is 28.8 Å². The number of benzene rings is 1. The summed E-state index contributed by atoms with van der Waals surface area (Å²) in [6.45, 7) is 2.73. The van der Waals surface area contributed by atoms with Gasteiger partial charge in [-0.05, 0) is 19.1 Å². The number of hydrogen-bond donors (Lipinski definition) is 2. The van der Waals surface area contributed by atoms with Gasteiger partial charge in [0.1, 0.15) is 24.2 Å². The van der Waals surface area contributed by atoms with Crippen LogP contribution in [0.3, 0.4) is 0 Å². The van der Waals surface area contributed by atoms with Crippen molar-refractivity contribution in [3.8, 4) is 5.75 Å². The Hall–Kier alpha value is -1.27. The molecule has 0 amide bonds. The molecule has 114 valence electrons. The highest BCUT2D eigenvalue weighted by Gasteiger charge is 2.09. The van der Waals surface area contributed by atoms with Crippen molar-refractivity contribution >= 4 is 23.2 Å². The molecular formula is C14H16Cl2N2O3. The van der Waals surface area contributed by atoms with Gasteiger partial charge in [-0.15, -0.1) is 0 Å². The van der Waals surface area contributed by atoms with Gasteiger partial charge in [0, 0.05) is 17.6 Å². The minimum atomic E-state index is -0.684. The van der Waals surface area contributed by atoms with Gasteiger partial charge in [-0.25, -0.2) is 4.98 Å². The van der Waals surface area contributed by atoms with Crippen molar-refractivity contribution < 1.29 is 14.3 Å². The molecule has 1 aromatic heterocycles. The van der Waals surface area contributed by atoms with Crippen molar-refractivity contribution in [3.05, 3.63) is 46.1 Å². The van der Waals surface area contributed by atoms with E-state index < -0.39 is 6.10 Å². The third kappa shape index (κ3) is 5.21. The second-order valence-electron chi connectivity index (χ2n) is 4.54. The smallest absolute Gasteiger partial charge is 0.208 e. The number of oxazole rings is 1. The average molecular weight is 331 g/mol. The van der Waals surface area contributed by atoms with Gasteiger partial charge in [0.15, 0.2) is 0 Å². The summed E-state index contributed by atoms with van der Waals surface area (Å²) >= 11 is 11.8. The van der Waals surface area contributed by atoms with Crippen molar-refractivity contribution in [2.75, 3.05) is 13.2 Å². The summed E-state index contributed by atoms with van der Waals surface area (Å²) in [7, 11) is 0. The second-order valence-corrected chi connectivity index (χ2v) is 5.38. The lowest BCUT2D eigenvalue weighted by Gasteiger charge is -2.13. The molecule has 5 nitrogen and oxygen atoms in total. The third-order valence-corrected chi connectivity index (χ3v) is 3.20. The molecule has 0 aliphatic rings. The van der Waals surface area contributed by atoms with Crippen LogP contribution in [0.2, 0.25) is 10.0 Å². The van der Waals surface area contributed by atoms with E-state index in [1.807, 2.05) is 6.92 Å². The number of ether oxygens (including phenoxy) is 1. The zero-order chi connectivity index (χ0) is 15.2. The van der Waals surface area contributed by atoms with Crippen LogP contribution in [0.5, 0.6) is 5.75 Å². The van der Waals surface area contributed by atoms with E-state index in [9.17, 15) is 5.11 Å². The standard InChI is InChI=1S/C14H16Cl2N2O3/c1-9-5-18-14(21-9)7-17-6-11(19)8-20-13-4-10(15)2-3-12(13)16/h2-5,11,17,19H,6-8H2,1H3. The largest absolute Gasteiger partial charge is 0.489 e. The zero-order valence-electron chi connectivity index (χ0n) is 11.5. The summed E-state index contributed by atoms with van der Waals surface area (Å²) in [6.07, 6.45) is 0.966. The molecule has 7 heteroatoms. The molecule has 0 spiro atoms. The lowest BCUT2D eigenvalue weighted by molar-refractivity contribution is 0.105. The predicted octanol–water partition coefficient (Wildman–Crippen LogP) is 2.82. The fourth-order valence-corrected chi connectivity index (χ4v) is 2.00. The van der Waals surface area contributed by atoms with E-state index in [1.165, 1.54) is 0 Å². The number of hydrogen-bond acceptors (Lipinski definition) is 5. The van der Waals surface area contributed by atoms with E-state index in [4.69, 9.17) is 32.4 Å². The van der Waals surface area contributed by atoms with Crippen molar-refractivity contribution in [2.45, 2.75) is 19.6 Å². The first kappa shape index (κ1) is 16.1. The Balaban J connectivity index is 1.72. The summed E-state index contributed by atoms with van der Waals surface area (Å²) in [5, 5.41) is 13.9. The molecule has 2 N–H and O–H groups in total. The third-order valence-electron chi connectivity index (χ3n) is 2.65. The van der Waals surface area contributed by atoms with Crippen LogP contribution in [-0.2, 0) is 6.54 Å². The number of rotatable bonds is 7. The Bertz CT molecular complexity index is 589. The fourth-order valence-electron chi connectivity index (χ4n) is 1.66. The Morgan fingerprint density at radius 1 is 1.43 bits per heavy atom. The van der Waals surface area contributed by atoms with E-state index in [-0.39, 0.29) is 6.61 Å². The number of nitrogens with one attached hydrogen (secondary N) is 1. The van der Waals surface area contributed by atoms with Crippen molar-refractivity contribution in [1.29, 1.82) is 0 Å². The zero-order valence-corrected chi connectivity index (χ0v) is 13.0. The van der Waals surface area contributed by atoms with Gasteiger partial charge < -0.3 is 19.6 Å². The van der Waals surface area contributed by atoms with Crippen LogP contribution < -0.4 is 10.1 Å². The van der Waals surface area contributed by atoms with Crippen LogP contribution in [0, 0.1) is 6.92 Å². The molecule has 1 unspecified atom stereocenters. The van der Waals surface area contributed by atoms with E-state index in [2.05, 4.69) is 10.3 Å². The topological polar surface area (TPSA) is 67.5 Å². The van der Waals surface area contributed by atoms with Crippen molar-refractivity contribution in [3.63, 3.8) is 0 Å². The summed E-state index contributed by atoms with van der Waals surface area (Å²) in [6, 6.07) is 4.93. The Kier molecular flexibility index (Phi) is 5.87. The average Bonchev–Trinajstić information content (AvgIpc) is 2.85. The molecule has 0 aliphatic carbocycles. The van der Waals surface area contributed by atoms with Gasteiger partial charge in [0.2, 0.25) is 5.89 Å². The van der Waals surface area contributed by atoms with Crippen LogP contribution in [0.4, 0.5) is 0 Å². The van der Waals surface area contributed by atoms with Crippen LogP contribution in [0.1, 0.15) is 11.7 Å². The molecule has 1 heterocycles. The van der Waals surface area contributed by atoms with Crippen molar-refractivity contribution in [1.82, 2.24) is 10.3 Å². The molecule has 1 aromatic carbocycles. The minimum absolute atomic E-state index is 0.109. The monoisotopic (exact) mass is 330 g/mol. The number of aliphatic hydroxyl groups is 1. The SMILES string of the molecule is Cc1cnc(CNCC(O)COc2cc(Cl)ccc2Cl)o1. The van der Waals surface area contributed by atoms with Gasteiger partial charge in [0.05, 0.1) is 17.8 Å². The molecule has 1 atom stereocenters. The molecular weight excluding hydrogens is 315 g/mol. The van der Waals surface area contributed by atoms with Crippen LogP contribution >= 0.6 is 23.2 Å². The first-order valence-corrected chi connectivity index (χ1v) is 7.18. The number of aliphatic hydroxyl groups excluding tert-OH is 1. The predicted molar refractivity (Wildman–Crippen MR) is 80.9 cm³/mol. The van der Waals surface area contributed by atoms with Gasteiger partial charge in [0.25, 0.3) is 0 Å². The molecule has 0 bridgehead atoms. The molecule has 0 fully saturated rings. The van der Waals surface area contributed by atoms with Gasteiger partial charge >= 0.3 is 0 Å². The fraction of sp³-hybridized carbons (Fsp3) is 0.357. The quantitative estimate of drug-likeness (QED) is 0.817. The summed E-state index contributed by atoms with van der Waals surface area (Å²) < 4.78 is 10.7. The Morgan fingerprint density at radius 3 is 2.95 bits per heavy atom. The normalized spacial score (nSPS) is 12.4. The lowest BCUT2D eigenvalue weighted by Crippen LogP contribution is -2.31. The molecule has 0 aliphatic heterocycles. The number of aryl methyl sites for hydroxylation is 1. The van der Waals surface area contributed by atoms with Crippen molar-refractivity contribution in [2.24, 2.45) is 0 Å². The molecule has 0 radical (unpaired) electrons. The summed E-state index contributed by atoms with van der Waals surface area (Å²) in [5.74, 6) is 1.79. The van der Waals surface area contributed by atoms with Gasteiger partial charge in [-0.1, -0.05) is 23.2 Å². The highest BCUT2D eigenvalue weighted by atomic mass is 35.5. The first-order valence-electron chi connectivity index (χ1n) is 6.42. The maximum atomic E-state index is 9.84. The molecule has 2 aromatic rings. The minimum Gasteiger partial charge on any atom is -0.489 e. The highest BCUT2D eigenvalue weighted by molar-refractivity contribution is 6.34. The summed E-state index contributed by atoms with van der Waals surface area (Å²) in [5.41, 5.74) is 0. The van der Waals surface area contributed by atoms with Gasteiger partial charge in [-0.2, -0.15) is 0 Å². The van der Waals surface area contributed by atoms with Crippen LogP contribution in [-0.4, -0.2) is 29.3 Å². The molecule has 2 rings (SSSR count). The number of aromatic nitrogens is 1. The molecule has 21 heavy (non-hydrogen) atoms. The maximum absolute atomic E-state index is 9.84. The number of nitrogens with zero attached hydrogens (tertiary/aromatic N) is 1. The van der Waals surface area contributed by atoms with E-state index in [0.29, 0.717) is 34.8 Å². The van der Waals surface area contributed by atoms with Crippen LogP contribution in [0.25, 0.3) is 0 Å². The Labute approximate surface area is 132 Å². The lowest BCUT2D eigenvalue weighted by atomic mass is 10.3. The van der Waals surface area contributed by atoms with E-state index in [0.717, 1.165) is 5.76 Å². The maximum Gasteiger partial charge on any atom is 0.208 e. The summed E-state index contributed by atoms with van der Waals surface area (Å²) in [4.78, 5) is 4.05. The van der Waals surface area contributed by atoms with E-state index >= 15 is 0 Å². The molecule has 0 saturated heterocycles. The molecule has 0 saturated carbocycles. The highest BCUT2D eigenvalue weighted by Crippen LogP contribution is 2.27. The number of halogens is 2. The first-order chi connectivity index (χ1) is 10.0. The Morgan fingerprint density at radius 2 is 2.24 bits per heavy atom. The second kappa shape index (κ2) is 7.66. The van der Waals surface area contributed by atoms with Gasteiger partial charge in [-0.3, -0.25) is 0 Å².